The Morgan fingerprint density at radius 2 is 1.77 bits per heavy atom. The highest BCUT2D eigenvalue weighted by Gasteiger charge is 2.06. The predicted molar refractivity (Wildman–Crippen MR) is 152 cm³/mol. The van der Waals surface area contributed by atoms with Gasteiger partial charge in [-0.25, -0.2) is 11.0 Å². The number of aryl methyl sites for hydroxylation is 1. The molecule has 0 aliphatic rings. The van der Waals surface area contributed by atoms with Gasteiger partial charge in [-0.1, -0.05) is 83.2 Å². The zero-order chi connectivity index (χ0) is 26.6. The Hall–Kier alpha value is -2.50. The maximum absolute atomic E-state index is 10.6. The van der Waals surface area contributed by atoms with Crippen molar-refractivity contribution in [2.45, 2.75) is 79.6 Å². The number of nitrogens with two attached hydrogens (primary N) is 2. The molecule has 0 saturated heterocycles. The third-order valence-corrected chi connectivity index (χ3v) is 5.46. The standard InChI is InChI=1S/C17H24N5P.C8H16O2.C2H6/c1-3-4-9-22(19)21-17(18)15-8-6-13(11-20-15)14-7-5-12(2)10-16(14)23;1-3-4-5-6-7-8(9)10-2;1-2/h5-8,10-11H,3-4,9,19,23H2,1-2H3,(H2,18,21);3-7H2,1-2H3;1-2H3. The molecule has 1 unspecified atom stereocenters. The Labute approximate surface area is 214 Å². The van der Waals surface area contributed by atoms with Crippen LogP contribution in [0, 0.1) is 6.92 Å². The molecule has 0 fully saturated rings. The molecule has 4 N–H and O–H groups in total. The van der Waals surface area contributed by atoms with Gasteiger partial charge in [0.15, 0.2) is 5.84 Å². The molecule has 0 amide bonds. The lowest BCUT2D eigenvalue weighted by Gasteiger charge is -2.13. The van der Waals surface area contributed by atoms with Gasteiger partial charge < -0.3 is 10.5 Å². The van der Waals surface area contributed by atoms with Gasteiger partial charge in [-0.2, -0.15) is 0 Å². The van der Waals surface area contributed by atoms with Crippen LogP contribution in [0.15, 0.2) is 41.6 Å². The maximum Gasteiger partial charge on any atom is 0.305 e. The van der Waals surface area contributed by atoms with E-state index in [1.165, 1.54) is 30.6 Å². The third kappa shape index (κ3) is 13.8. The molecule has 8 heteroatoms. The van der Waals surface area contributed by atoms with Crippen LogP contribution in [-0.2, 0) is 9.53 Å². The smallest absolute Gasteiger partial charge is 0.305 e. The lowest BCUT2D eigenvalue weighted by Crippen LogP contribution is -2.30. The molecule has 7 nitrogen and oxygen atoms in total. The van der Waals surface area contributed by atoms with Crippen LogP contribution in [0.1, 0.15) is 83.9 Å². The first-order valence-electron chi connectivity index (χ1n) is 12.6. The first-order chi connectivity index (χ1) is 16.8. The number of hydrogen-bond acceptors (Lipinski definition) is 6. The Morgan fingerprint density at radius 1 is 1.09 bits per heavy atom. The fourth-order valence-electron chi connectivity index (χ4n) is 3.01. The fraction of sp³-hybridized carbons (Fsp3) is 0.519. The molecular formula is C27H46N5O2P. The molecule has 0 saturated carbocycles. The minimum atomic E-state index is -0.0869. The molecule has 0 radical (unpaired) electrons. The molecule has 1 aromatic carbocycles. The summed E-state index contributed by atoms with van der Waals surface area (Å²) < 4.78 is 4.49. The highest BCUT2D eigenvalue weighted by Crippen LogP contribution is 2.19. The molecule has 1 aromatic heterocycles. The minimum absolute atomic E-state index is 0.0869. The number of esters is 1. The highest BCUT2D eigenvalue weighted by atomic mass is 31.0. The average molecular weight is 504 g/mol. The van der Waals surface area contributed by atoms with Crippen molar-refractivity contribution >= 4 is 26.3 Å². The van der Waals surface area contributed by atoms with E-state index in [1.54, 1.807) is 0 Å². The molecule has 0 spiro atoms. The summed E-state index contributed by atoms with van der Waals surface area (Å²) >= 11 is 0. The lowest BCUT2D eigenvalue weighted by molar-refractivity contribution is -0.140. The van der Waals surface area contributed by atoms with E-state index in [-0.39, 0.29) is 5.97 Å². The Balaban J connectivity index is 0.000000813. The summed E-state index contributed by atoms with van der Waals surface area (Å²) in [5.41, 5.74) is 10.0. The van der Waals surface area contributed by atoms with Crippen LogP contribution >= 0.6 is 9.24 Å². The molecule has 0 bridgehead atoms. The predicted octanol–water partition coefficient (Wildman–Crippen LogP) is 5.31. The Kier molecular flexibility index (Phi) is 18.4. The number of hydrazone groups is 1. The van der Waals surface area contributed by atoms with Crippen LogP contribution < -0.4 is 16.9 Å². The Bertz CT molecular complexity index is 872. The van der Waals surface area contributed by atoms with Crippen molar-refractivity contribution in [1.82, 2.24) is 10.1 Å². The topological polar surface area (TPSA) is 107 Å². The number of benzene rings is 1. The van der Waals surface area contributed by atoms with E-state index < -0.39 is 0 Å². The number of hydrazine groups is 1. The molecule has 0 aliphatic carbocycles. The van der Waals surface area contributed by atoms with E-state index in [9.17, 15) is 4.79 Å². The second-order valence-corrected chi connectivity index (χ2v) is 8.53. The summed E-state index contributed by atoms with van der Waals surface area (Å²) in [5.74, 6) is 6.03. The molecule has 2 rings (SSSR count). The first-order valence-corrected chi connectivity index (χ1v) is 13.2. The zero-order valence-corrected chi connectivity index (χ0v) is 23.7. The summed E-state index contributed by atoms with van der Waals surface area (Å²) in [5, 5.41) is 6.67. The van der Waals surface area contributed by atoms with Gasteiger partial charge in [0.25, 0.3) is 0 Å². The van der Waals surface area contributed by atoms with Crippen LogP contribution in [0.4, 0.5) is 0 Å². The summed E-state index contributed by atoms with van der Waals surface area (Å²) in [6.45, 7) is 11.0. The summed E-state index contributed by atoms with van der Waals surface area (Å²) in [7, 11) is 4.20. The number of hydrogen-bond donors (Lipinski definition) is 2. The molecule has 35 heavy (non-hydrogen) atoms. The van der Waals surface area contributed by atoms with Crippen molar-refractivity contribution in [3.8, 4) is 11.1 Å². The van der Waals surface area contributed by atoms with Crippen molar-refractivity contribution < 1.29 is 9.53 Å². The van der Waals surface area contributed by atoms with E-state index in [1.807, 2.05) is 32.2 Å². The van der Waals surface area contributed by atoms with Crippen LogP contribution in [0.2, 0.25) is 0 Å². The van der Waals surface area contributed by atoms with Gasteiger partial charge >= 0.3 is 5.97 Å². The SMILES string of the molecule is CC.CCCCCCC(=O)OC.CCCCN(N)/N=C(\N)c1ccc(-c2ccc(C)cc2P)cn1. The first kappa shape index (κ1) is 32.5. The van der Waals surface area contributed by atoms with E-state index in [0.29, 0.717) is 24.5 Å². The van der Waals surface area contributed by atoms with E-state index in [4.69, 9.17) is 11.6 Å². The monoisotopic (exact) mass is 503 g/mol. The second-order valence-electron chi connectivity index (χ2n) is 7.91. The summed E-state index contributed by atoms with van der Waals surface area (Å²) in [6.07, 6.45) is 8.97. The number of aromatic nitrogens is 1. The number of pyridine rings is 1. The maximum atomic E-state index is 10.6. The second kappa shape index (κ2) is 19.8. The van der Waals surface area contributed by atoms with Crippen molar-refractivity contribution in [1.29, 1.82) is 0 Å². The number of rotatable bonds is 11. The molecule has 196 valence electrons. The van der Waals surface area contributed by atoms with Crippen molar-refractivity contribution in [2.75, 3.05) is 13.7 Å². The molecule has 1 atom stereocenters. The fourth-order valence-corrected chi connectivity index (χ4v) is 3.53. The van der Waals surface area contributed by atoms with Gasteiger partial charge in [0, 0.05) is 18.2 Å². The van der Waals surface area contributed by atoms with Crippen molar-refractivity contribution in [3.63, 3.8) is 0 Å². The van der Waals surface area contributed by atoms with E-state index >= 15 is 0 Å². The van der Waals surface area contributed by atoms with Crippen LogP contribution in [0.25, 0.3) is 11.1 Å². The number of carbonyl (C=O) groups excluding carboxylic acids is 1. The number of methoxy groups -OCH3 is 1. The van der Waals surface area contributed by atoms with Crippen LogP contribution in [-0.4, -0.2) is 35.6 Å². The largest absolute Gasteiger partial charge is 0.469 e. The summed E-state index contributed by atoms with van der Waals surface area (Å²) in [6, 6.07) is 10.2. The van der Waals surface area contributed by atoms with Crippen LogP contribution in [0.5, 0.6) is 0 Å². The number of amidine groups is 1. The van der Waals surface area contributed by atoms with Gasteiger partial charge in [0.2, 0.25) is 0 Å². The van der Waals surface area contributed by atoms with Gasteiger partial charge in [-0.3, -0.25) is 9.78 Å². The minimum Gasteiger partial charge on any atom is -0.469 e. The molecule has 1 heterocycles. The third-order valence-electron chi connectivity index (χ3n) is 4.98. The number of nitrogens with zero attached hydrogens (tertiary/aromatic N) is 3. The number of unbranched alkanes of at least 4 members (excludes halogenated alkanes) is 4. The van der Waals surface area contributed by atoms with Crippen molar-refractivity contribution in [3.05, 3.63) is 47.8 Å². The molecular weight excluding hydrogens is 457 g/mol. The Morgan fingerprint density at radius 3 is 2.31 bits per heavy atom. The summed E-state index contributed by atoms with van der Waals surface area (Å²) in [4.78, 5) is 15.0. The number of carbonyl (C=O) groups is 1. The molecule has 0 aliphatic heterocycles. The van der Waals surface area contributed by atoms with E-state index in [0.717, 1.165) is 42.1 Å². The van der Waals surface area contributed by atoms with Gasteiger partial charge in [-0.05, 0) is 36.7 Å². The van der Waals surface area contributed by atoms with Crippen LogP contribution in [0.3, 0.4) is 0 Å². The quantitative estimate of drug-likeness (QED) is 0.0819. The van der Waals surface area contributed by atoms with Gasteiger partial charge in [0.05, 0.1) is 13.7 Å². The van der Waals surface area contributed by atoms with E-state index in [2.05, 4.69) is 63.0 Å². The van der Waals surface area contributed by atoms with Gasteiger partial charge in [0.1, 0.15) is 5.69 Å². The lowest BCUT2D eigenvalue weighted by atomic mass is 10.1. The number of ether oxygens (including phenoxy) is 1. The highest BCUT2D eigenvalue weighted by molar-refractivity contribution is 7.28. The van der Waals surface area contributed by atoms with Gasteiger partial charge in [-0.15, -0.1) is 14.3 Å². The van der Waals surface area contributed by atoms with Crippen molar-refractivity contribution in [2.24, 2.45) is 16.7 Å². The average Bonchev–Trinajstić information content (AvgIpc) is 2.87. The molecule has 2 aromatic rings. The normalized spacial score (nSPS) is 10.5. The zero-order valence-electron chi connectivity index (χ0n) is 22.5.